The van der Waals surface area contributed by atoms with E-state index in [1.54, 1.807) is 11.3 Å². The van der Waals surface area contributed by atoms with Crippen LogP contribution in [-0.4, -0.2) is 11.9 Å². The number of rotatable bonds is 4. The average Bonchev–Trinajstić information content (AvgIpc) is 2.57. The minimum atomic E-state index is -0.378. The Morgan fingerprint density at radius 1 is 1.62 bits per heavy atom. The number of nitrogens with one attached hydrogen (secondary N) is 1. The molecule has 0 fully saturated rings. The second-order valence-corrected chi connectivity index (χ2v) is 5.23. The van der Waals surface area contributed by atoms with Gasteiger partial charge in [-0.3, -0.25) is 4.79 Å². The maximum absolute atomic E-state index is 11.9. The maximum Gasteiger partial charge on any atom is 0.253 e. The first-order valence-corrected chi connectivity index (χ1v) is 6.17. The Hall–Kier alpha value is -1.34. The highest BCUT2D eigenvalue weighted by molar-refractivity contribution is 7.12. The molecule has 0 unspecified atom stereocenters. The Morgan fingerprint density at radius 2 is 2.31 bits per heavy atom. The largest absolute Gasteiger partial charge is 0.336 e. The van der Waals surface area contributed by atoms with Gasteiger partial charge in [0.2, 0.25) is 0 Å². The molecule has 1 aromatic rings. The summed E-state index contributed by atoms with van der Waals surface area (Å²) in [5.74, 6) is -0.137. The van der Waals surface area contributed by atoms with E-state index in [0.29, 0.717) is 12.0 Å². The number of amides is 1. The molecule has 1 heterocycles. The number of carbonyl (C=O) groups is 1. The average molecular weight is 236 g/mol. The molecule has 86 valence electrons. The van der Waals surface area contributed by atoms with Crippen molar-refractivity contribution in [1.29, 1.82) is 5.26 Å². The van der Waals surface area contributed by atoms with Crippen LogP contribution >= 0.6 is 11.3 Å². The number of nitrogens with zero attached hydrogens (tertiary/aromatic N) is 1. The molecule has 1 aromatic heterocycles. The van der Waals surface area contributed by atoms with Crippen molar-refractivity contribution in [2.75, 3.05) is 0 Å². The van der Waals surface area contributed by atoms with Gasteiger partial charge in [-0.25, -0.2) is 0 Å². The number of nitriles is 1. The number of carbonyl (C=O) groups excluding carboxylic acids is 1. The molecule has 1 N–H and O–H groups in total. The second-order valence-electron chi connectivity index (χ2n) is 3.77. The molecule has 0 aliphatic heterocycles. The van der Waals surface area contributed by atoms with E-state index in [2.05, 4.69) is 11.4 Å². The van der Waals surface area contributed by atoms with Gasteiger partial charge in [0, 0.05) is 9.75 Å². The number of thiophene rings is 1. The highest BCUT2D eigenvalue weighted by Crippen LogP contribution is 2.20. The topological polar surface area (TPSA) is 52.9 Å². The predicted molar refractivity (Wildman–Crippen MR) is 65.6 cm³/mol. The van der Waals surface area contributed by atoms with Crippen LogP contribution < -0.4 is 5.32 Å². The fourth-order valence-corrected chi connectivity index (χ4v) is 2.47. The van der Waals surface area contributed by atoms with Gasteiger partial charge >= 0.3 is 0 Å². The zero-order valence-corrected chi connectivity index (χ0v) is 10.6. The third-order valence-corrected chi connectivity index (χ3v) is 3.29. The third kappa shape index (κ3) is 3.07. The lowest BCUT2D eigenvalue weighted by Crippen LogP contribution is -2.33. The molecule has 4 heteroatoms. The van der Waals surface area contributed by atoms with Crippen LogP contribution in [-0.2, 0) is 0 Å². The molecule has 0 spiro atoms. The molecule has 1 atom stereocenters. The highest BCUT2D eigenvalue weighted by Gasteiger charge is 2.15. The number of aryl methyl sites for hydroxylation is 2. The summed E-state index contributed by atoms with van der Waals surface area (Å²) in [6.45, 7) is 5.90. The first-order valence-electron chi connectivity index (χ1n) is 5.36. The van der Waals surface area contributed by atoms with E-state index in [-0.39, 0.29) is 11.9 Å². The van der Waals surface area contributed by atoms with Crippen molar-refractivity contribution in [3.63, 3.8) is 0 Å². The Labute approximate surface area is 100 Å². The fourth-order valence-electron chi connectivity index (χ4n) is 1.55. The molecule has 0 aromatic carbocycles. The van der Waals surface area contributed by atoms with Crippen molar-refractivity contribution < 1.29 is 4.79 Å². The maximum atomic E-state index is 11.9. The molecule has 0 radical (unpaired) electrons. The van der Waals surface area contributed by atoms with Crippen molar-refractivity contribution in [3.05, 3.63) is 21.4 Å². The van der Waals surface area contributed by atoms with Crippen LogP contribution in [0.5, 0.6) is 0 Å². The summed E-state index contributed by atoms with van der Waals surface area (Å²) in [5.41, 5.74) is 0.693. The first kappa shape index (κ1) is 12.7. The van der Waals surface area contributed by atoms with Crippen LogP contribution in [0.2, 0.25) is 0 Å². The van der Waals surface area contributed by atoms with Crippen molar-refractivity contribution in [3.8, 4) is 6.07 Å². The quantitative estimate of drug-likeness (QED) is 0.874. The van der Waals surface area contributed by atoms with Crippen molar-refractivity contribution in [1.82, 2.24) is 5.32 Å². The lowest BCUT2D eigenvalue weighted by atomic mass is 10.1. The molecular formula is C12H16N2OS. The Bertz CT molecular complexity index is 417. The molecule has 1 rings (SSSR count). The van der Waals surface area contributed by atoms with Crippen molar-refractivity contribution >= 4 is 17.2 Å². The summed E-state index contributed by atoms with van der Waals surface area (Å²) in [6, 6.07) is 3.59. The molecule has 16 heavy (non-hydrogen) atoms. The number of hydrogen-bond donors (Lipinski definition) is 1. The zero-order valence-electron chi connectivity index (χ0n) is 9.83. The molecule has 0 aliphatic carbocycles. The van der Waals surface area contributed by atoms with E-state index < -0.39 is 0 Å². The van der Waals surface area contributed by atoms with Gasteiger partial charge in [0.25, 0.3) is 5.91 Å². The molecule has 0 bridgehead atoms. The zero-order chi connectivity index (χ0) is 12.1. The van der Waals surface area contributed by atoms with Crippen LogP contribution in [0.1, 0.15) is 39.9 Å². The van der Waals surface area contributed by atoms with Gasteiger partial charge in [-0.15, -0.1) is 11.3 Å². The van der Waals surface area contributed by atoms with E-state index in [0.717, 1.165) is 16.2 Å². The minimum Gasteiger partial charge on any atom is -0.336 e. The number of hydrogen-bond acceptors (Lipinski definition) is 3. The van der Waals surface area contributed by atoms with E-state index in [4.69, 9.17) is 5.26 Å². The Kier molecular flexibility index (Phi) is 4.51. The Balaban J connectivity index is 2.72. The smallest absolute Gasteiger partial charge is 0.253 e. The van der Waals surface area contributed by atoms with Crippen LogP contribution in [0.15, 0.2) is 6.07 Å². The van der Waals surface area contributed by atoms with Crippen molar-refractivity contribution in [2.45, 2.75) is 39.7 Å². The van der Waals surface area contributed by atoms with Gasteiger partial charge in [-0.05, 0) is 26.3 Å². The summed E-state index contributed by atoms with van der Waals surface area (Å²) in [5, 5.41) is 11.6. The summed E-state index contributed by atoms with van der Waals surface area (Å²) < 4.78 is 0. The summed E-state index contributed by atoms with van der Waals surface area (Å²) in [6.07, 6.45) is 1.59. The van der Waals surface area contributed by atoms with Crippen LogP contribution in [0, 0.1) is 25.2 Å². The lowest BCUT2D eigenvalue weighted by Gasteiger charge is -2.09. The SMILES string of the molecule is CCC[C@@H](C#N)NC(=O)c1cc(C)sc1C. The molecule has 3 nitrogen and oxygen atoms in total. The molecule has 0 aliphatic rings. The summed E-state index contributed by atoms with van der Waals surface area (Å²) in [4.78, 5) is 14.0. The molecule has 1 amide bonds. The monoisotopic (exact) mass is 236 g/mol. The van der Waals surface area contributed by atoms with E-state index >= 15 is 0 Å². The van der Waals surface area contributed by atoms with Gasteiger partial charge in [-0.2, -0.15) is 5.26 Å². The van der Waals surface area contributed by atoms with E-state index in [1.165, 1.54) is 0 Å². The summed E-state index contributed by atoms with van der Waals surface area (Å²) in [7, 11) is 0. The first-order chi connectivity index (χ1) is 7.58. The third-order valence-electron chi connectivity index (χ3n) is 2.32. The summed E-state index contributed by atoms with van der Waals surface area (Å²) >= 11 is 1.60. The molecule has 0 saturated heterocycles. The van der Waals surface area contributed by atoms with Crippen LogP contribution in [0.3, 0.4) is 0 Å². The fraction of sp³-hybridized carbons (Fsp3) is 0.500. The normalized spacial score (nSPS) is 11.9. The van der Waals surface area contributed by atoms with Gasteiger partial charge in [-0.1, -0.05) is 13.3 Å². The van der Waals surface area contributed by atoms with Crippen LogP contribution in [0.4, 0.5) is 0 Å². The van der Waals surface area contributed by atoms with E-state index in [9.17, 15) is 4.79 Å². The molecule has 0 saturated carbocycles. The standard InChI is InChI=1S/C12H16N2OS/c1-4-5-10(7-13)14-12(15)11-6-8(2)16-9(11)3/h6,10H,4-5H2,1-3H3,(H,14,15)/t10-/m0/s1. The van der Waals surface area contributed by atoms with E-state index in [1.807, 2.05) is 26.8 Å². The van der Waals surface area contributed by atoms with Crippen LogP contribution in [0.25, 0.3) is 0 Å². The lowest BCUT2D eigenvalue weighted by molar-refractivity contribution is 0.0944. The van der Waals surface area contributed by atoms with Gasteiger partial charge in [0.1, 0.15) is 6.04 Å². The predicted octanol–water partition coefficient (Wildman–Crippen LogP) is 2.79. The van der Waals surface area contributed by atoms with Gasteiger partial charge in [0.05, 0.1) is 11.6 Å². The second kappa shape index (κ2) is 5.66. The van der Waals surface area contributed by atoms with Gasteiger partial charge < -0.3 is 5.32 Å². The van der Waals surface area contributed by atoms with Gasteiger partial charge in [0.15, 0.2) is 0 Å². The Morgan fingerprint density at radius 3 is 2.75 bits per heavy atom. The highest BCUT2D eigenvalue weighted by atomic mass is 32.1. The molecular weight excluding hydrogens is 220 g/mol. The minimum absolute atomic E-state index is 0.137. The van der Waals surface area contributed by atoms with Crippen molar-refractivity contribution in [2.24, 2.45) is 0 Å².